The fourth-order valence-corrected chi connectivity index (χ4v) is 3.65. The standard InChI is InChI=1S/C16H17N5O2S/c1-3-13-7-4-6-12(2)16(13)18-24(22,23)15-9-5-8-14(10-15)21-11-17-19-20-21/h4-11,18H,3H2,1-2H3. The Morgan fingerprint density at radius 2 is 1.96 bits per heavy atom. The molecule has 0 radical (unpaired) electrons. The number of nitrogens with one attached hydrogen (secondary N) is 1. The van der Waals surface area contributed by atoms with Crippen molar-refractivity contribution in [2.24, 2.45) is 0 Å². The summed E-state index contributed by atoms with van der Waals surface area (Å²) >= 11 is 0. The van der Waals surface area contributed by atoms with Crippen LogP contribution in [-0.2, 0) is 16.4 Å². The van der Waals surface area contributed by atoms with Gasteiger partial charge in [0.1, 0.15) is 6.33 Å². The van der Waals surface area contributed by atoms with Gasteiger partial charge in [-0.3, -0.25) is 4.72 Å². The second kappa shape index (κ2) is 6.40. The minimum atomic E-state index is -3.71. The van der Waals surface area contributed by atoms with Crippen LogP contribution < -0.4 is 4.72 Å². The lowest BCUT2D eigenvalue weighted by Crippen LogP contribution is -2.15. The average Bonchev–Trinajstić information content (AvgIpc) is 3.11. The predicted molar refractivity (Wildman–Crippen MR) is 90.5 cm³/mol. The largest absolute Gasteiger partial charge is 0.279 e. The first-order valence-corrected chi connectivity index (χ1v) is 8.94. The molecule has 1 heterocycles. The molecule has 8 heteroatoms. The molecular formula is C16H17N5O2S. The highest BCUT2D eigenvalue weighted by molar-refractivity contribution is 7.92. The summed E-state index contributed by atoms with van der Waals surface area (Å²) in [5.74, 6) is 0. The van der Waals surface area contributed by atoms with Crippen LogP contribution in [0.5, 0.6) is 0 Å². The predicted octanol–water partition coefficient (Wildman–Crippen LogP) is 2.33. The molecule has 24 heavy (non-hydrogen) atoms. The van der Waals surface area contributed by atoms with Crippen molar-refractivity contribution in [3.05, 3.63) is 59.9 Å². The Labute approximate surface area is 140 Å². The van der Waals surface area contributed by atoms with Crippen molar-refractivity contribution < 1.29 is 8.42 Å². The van der Waals surface area contributed by atoms with E-state index in [1.165, 1.54) is 17.1 Å². The van der Waals surface area contributed by atoms with Gasteiger partial charge in [0, 0.05) is 0 Å². The lowest BCUT2D eigenvalue weighted by molar-refractivity contribution is 0.601. The number of benzene rings is 2. The van der Waals surface area contributed by atoms with Crippen molar-refractivity contribution in [2.75, 3.05) is 4.72 Å². The van der Waals surface area contributed by atoms with Gasteiger partial charge in [0.2, 0.25) is 0 Å². The second-order valence-corrected chi connectivity index (χ2v) is 7.00. The highest BCUT2D eigenvalue weighted by Crippen LogP contribution is 2.25. The molecule has 124 valence electrons. The molecule has 0 aliphatic carbocycles. The number of rotatable bonds is 5. The Bertz CT molecular complexity index is 952. The maximum Gasteiger partial charge on any atom is 0.261 e. The van der Waals surface area contributed by atoms with Gasteiger partial charge >= 0.3 is 0 Å². The maximum atomic E-state index is 12.8. The normalized spacial score (nSPS) is 11.4. The van der Waals surface area contributed by atoms with Crippen LogP contribution in [0.4, 0.5) is 5.69 Å². The van der Waals surface area contributed by atoms with Crippen molar-refractivity contribution in [2.45, 2.75) is 25.2 Å². The number of anilines is 1. The van der Waals surface area contributed by atoms with Crippen molar-refractivity contribution >= 4 is 15.7 Å². The van der Waals surface area contributed by atoms with Crippen LogP contribution in [0.3, 0.4) is 0 Å². The van der Waals surface area contributed by atoms with Crippen LogP contribution in [-0.4, -0.2) is 28.6 Å². The first kappa shape index (κ1) is 16.1. The molecule has 2 aromatic carbocycles. The van der Waals surface area contributed by atoms with Gasteiger partial charge in [0.25, 0.3) is 10.0 Å². The third kappa shape index (κ3) is 3.13. The number of sulfonamides is 1. The minimum absolute atomic E-state index is 0.154. The van der Waals surface area contributed by atoms with Crippen molar-refractivity contribution in [1.82, 2.24) is 20.2 Å². The Morgan fingerprint density at radius 1 is 1.17 bits per heavy atom. The SMILES string of the molecule is CCc1cccc(C)c1NS(=O)(=O)c1cccc(-n2cnnn2)c1. The monoisotopic (exact) mass is 343 g/mol. The molecule has 0 aliphatic heterocycles. The highest BCUT2D eigenvalue weighted by atomic mass is 32.2. The summed E-state index contributed by atoms with van der Waals surface area (Å²) in [7, 11) is -3.71. The number of aryl methyl sites for hydroxylation is 2. The van der Waals surface area contributed by atoms with Gasteiger partial charge in [0.05, 0.1) is 16.3 Å². The Hall–Kier alpha value is -2.74. The molecular weight excluding hydrogens is 326 g/mol. The minimum Gasteiger partial charge on any atom is -0.279 e. The zero-order valence-corrected chi connectivity index (χ0v) is 14.2. The average molecular weight is 343 g/mol. The Morgan fingerprint density at radius 3 is 2.67 bits per heavy atom. The summed E-state index contributed by atoms with van der Waals surface area (Å²) in [5.41, 5.74) is 3.04. The summed E-state index contributed by atoms with van der Waals surface area (Å²) in [5, 5.41) is 10.9. The van der Waals surface area contributed by atoms with Gasteiger partial charge in [0.15, 0.2) is 0 Å². The number of aromatic nitrogens is 4. The van der Waals surface area contributed by atoms with Crippen LogP contribution in [0.25, 0.3) is 5.69 Å². The van der Waals surface area contributed by atoms with E-state index in [-0.39, 0.29) is 4.90 Å². The quantitative estimate of drug-likeness (QED) is 0.768. The van der Waals surface area contributed by atoms with E-state index in [0.717, 1.165) is 17.5 Å². The smallest absolute Gasteiger partial charge is 0.261 e. The van der Waals surface area contributed by atoms with Crippen LogP contribution >= 0.6 is 0 Å². The first-order chi connectivity index (χ1) is 11.5. The molecule has 7 nitrogen and oxygen atoms in total. The third-order valence-corrected chi connectivity index (χ3v) is 5.07. The molecule has 0 saturated heterocycles. The van der Waals surface area contributed by atoms with Crippen molar-refractivity contribution in [3.63, 3.8) is 0 Å². The molecule has 1 N–H and O–H groups in total. The fraction of sp³-hybridized carbons (Fsp3) is 0.188. The van der Waals surface area contributed by atoms with Gasteiger partial charge in [-0.1, -0.05) is 31.2 Å². The van der Waals surface area contributed by atoms with Gasteiger partial charge in [-0.15, -0.1) is 5.10 Å². The van der Waals surface area contributed by atoms with Gasteiger partial charge in [-0.05, 0) is 53.1 Å². The van der Waals surface area contributed by atoms with E-state index in [0.29, 0.717) is 11.4 Å². The van der Waals surface area contributed by atoms with E-state index in [1.807, 2.05) is 32.0 Å². The van der Waals surface area contributed by atoms with Crippen molar-refractivity contribution in [3.8, 4) is 5.69 Å². The van der Waals surface area contributed by atoms with Crippen LogP contribution in [0.1, 0.15) is 18.1 Å². The van der Waals surface area contributed by atoms with Crippen LogP contribution in [0, 0.1) is 6.92 Å². The van der Waals surface area contributed by atoms with E-state index in [9.17, 15) is 8.42 Å². The van der Waals surface area contributed by atoms with Crippen molar-refractivity contribution in [1.29, 1.82) is 0 Å². The lowest BCUT2D eigenvalue weighted by Gasteiger charge is -2.14. The van der Waals surface area contributed by atoms with Crippen LogP contribution in [0.15, 0.2) is 53.7 Å². The molecule has 0 bridgehead atoms. The molecule has 0 fully saturated rings. The number of nitrogens with zero attached hydrogens (tertiary/aromatic N) is 4. The summed E-state index contributed by atoms with van der Waals surface area (Å²) in [6.45, 7) is 3.87. The molecule has 0 atom stereocenters. The number of tetrazole rings is 1. The highest BCUT2D eigenvalue weighted by Gasteiger charge is 2.18. The maximum absolute atomic E-state index is 12.8. The van der Waals surface area contributed by atoms with E-state index in [2.05, 4.69) is 20.2 Å². The Kier molecular flexibility index (Phi) is 4.30. The van der Waals surface area contributed by atoms with Crippen LogP contribution in [0.2, 0.25) is 0 Å². The lowest BCUT2D eigenvalue weighted by atomic mass is 10.1. The Balaban J connectivity index is 1.99. The van der Waals surface area contributed by atoms with E-state index in [1.54, 1.807) is 18.2 Å². The van der Waals surface area contributed by atoms with E-state index >= 15 is 0 Å². The molecule has 0 aliphatic rings. The second-order valence-electron chi connectivity index (χ2n) is 5.32. The number of hydrogen-bond donors (Lipinski definition) is 1. The molecule has 1 aromatic heterocycles. The molecule has 0 unspecified atom stereocenters. The molecule has 0 saturated carbocycles. The molecule has 3 rings (SSSR count). The first-order valence-electron chi connectivity index (χ1n) is 7.46. The fourth-order valence-electron chi connectivity index (χ4n) is 2.44. The van der Waals surface area contributed by atoms with E-state index in [4.69, 9.17) is 0 Å². The molecule has 3 aromatic rings. The zero-order chi connectivity index (χ0) is 17.2. The topological polar surface area (TPSA) is 89.8 Å². The number of hydrogen-bond acceptors (Lipinski definition) is 5. The van der Waals surface area contributed by atoms with E-state index < -0.39 is 10.0 Å². The number of para-hydroxylation sites is 1. The zero-order valence-electron chi connectivity index (χ0n) is 13.3. The summed E-state index contributed by atoms with van der Waals surface area (Å²) in [6.07, 6.45) is 2.15. The molecule has 0 spiro atoms. The third-order valence-electron chi connectivity index (χ3n) is 3.72. The van der Waals surface area contributed by atoms with Gasteiger partial charge in [-0.2, -0.15) is 0 Å². The van der Waals surface area contributed by atoms with Gasteiger partial charge < -0.3 is 0 Å². The van der Waals surface area contributed by atoms with Gasteiger partial charge in [-0.25, -0.2) is 13.1 Å². The summed E-state index contributed by atoms with van der Waals surface area (Å²) < 4.78 is 29.7. The summed E-state index contributed by atoms with van der Waals surface area (Å²) in [4.78, 5) is 0.154. The molecule has 0 amide bonds. The summed E-state index contributed by atoms with van der Waals surface area (Å²) in [6, 6.07) is 12.2.